The van der Waals surface area contributed by atoms with E-state index in [1.54, 1.807) is 20.3 Å². The predicted molar refractivity (Wildman–Crippen MR) is 122 cm³/mol. The van der Waals surface area contributed by atoms with Gasteiger partial charge >= 0.3 is 0 Å². The van der Waals surface area contributed by atoms with Crippen LogP contribution in [-0.2, 0) is 4.79 Å². The normalized spacial score (nSPS) is 15.1. The van der Waals surface area contributed by atoms with Gasteiger partial charge in [0.05, 0.1) is 31.4 Å². The smallest absolute Gasteiger partial charge is 0.270 e. The summed E-state index contributed by atoms with van der Waals surface area (Å²) in [6.45, 7) is 2.76. The van der Waals surface area contributed by atoms with Gasteiger partial charge in [0.25, 0.3) is 5.91 Å². The van der Waals surface area contributed by atoms with Crippen LogP contribution in [0.4, 0.5) is 5.69 Å². The van der Waals surface area contributed by atoms with Gasteiger partial charge in [-0.3, -0.25) is 9.69 Å². The fourth-order valence-electron chi connectivity index (χ4n) is 2.86. The Kier molecular flexibility index (Phi) is 7.17. The van der Waals surface area contributed by atoms with Crippen LogP contribution in [0.25, 0.3) is 6.08 Å². The second-order valence-corrected chi connectivity index (χ2v) is 7.98. The van der Waals surface area contributed by atoms with Crippen LogP contribution in [0, 0.1) is 0 Å². The average Bonchev–Trinajstić information content (AvgIpc) is 3.01. The Bertz CT molecular complexity index is 942. The maximum Gasteiger partial charge on any atom is 0.270 e. The minimum Gasteiger partial charge on any atom is -0.495 e. The Hall–Kier alpha value is -2.51. The number of rotatable bonds is 8. The van der Waals surface area contributed by atoms with E-state index in [1.165, 1.54) is 16.7 Å². The van der Waals surface area contributed by atoms with Gasteiger partial charge in [0, 0.05) is 0 Å². The molecule has 1 aliphatic rings. The van der Waals surface area contributed by atoms with Crippen LogP contribution in [0.1, 0.15) is 25.3 Å². The maximum absolute atomic E-state index is 13.0. The summed E-state index contributed by atoms with van der Waals surface area (Å²) in [6, 6.07) is 12.9. The molecule has 2 aromatic rings. The number of hydrogen-bond acceptors (Lipinski definition) is 6. The second-order valence-electron chi connectivity index (χ2n) is 6.30. The lowest BCUT2D eigenvalue weighted by Gasteiger charge is -2.17. The predicted octanol–water partition coefficient (Wildman–Crippen LogP) is 5.29. The van der Waals surface area contributed by atoms with E-state index in [-0.39, 0.29) is 5.91 Å². The van der Waals surface area contributed by atoms with Crippen LogP contribution in [0.3, 0.4) is 0 Å². The maximum atomic E-state index is 13.0. The highest BCUT2D eigenvalue weighted by molar-refractivity contribution is 8.27. The molecule has 1 amide bonds. The number of para-hydroxylation sites is 2. The molecule has 7 heteroatoms. The highest BCUT2D eigenvalue weighted by Crippen LogP contribution is 2.40. The minimum atomic E-state index is -0.174. The Morgan fingerprint density at radius 3 is 2.55 bits per heavy atom. The van der Waals surface area contributed by atoms with Crippen molar-refractivity contribution in [1.29, 1.82) is 0 Å². The summed E-state index contributed by atoms with van der Waals surface area (Å²) < 4.78 is 17.1. The van der Waals surface area contributed by atoms with Crippen LogP contribution in [0.15, 0.2) is 47.4 Å². The molecule has 0 N–H and O–H groups in total. The number of unbranched alkanes of at least 4 members (excludes halogenated alkanes) is 1. The van der Waals surface area contributed by atoms with E-state index in [0.29, 0.717) is 38.8 Å². The molecule has 5 nitrogen and oxygen atoms in total. The molecule has 0 unspecified atom stereocenters. The molecule has 0 bridgehead atoms. The lowest BCUT2D eigenvalue weighted by atomic mass is 10.1. The fourth-order valence-corrected chi connectivity index (χ4v) is 4.15. The van der Waals surface area contributed by atoms with E-state index in [1.807, 2.05) is 42.5 Å². The second kappa shape index (κ2) is 9.80. The molecule has 0 aliphatic carbocycles. The van der Waals surface area contributed by atoms with Gasteiger partial charge in [-0.15, -0.1) is 0 Å². The zero-order valence-electron chi connectivity index (χ0n) is 16.6. The van der Waals surface area contributed by atoms with Gasteiger partial charge in [-0.05, 0) is 42.3 Å². The third-order valence-electron chi connectivity index (χ3n) is 4.36. The van der Waals surface area contributed by atoms with Crippen LogP contribution in [0.2, 0.25) is 0 Å². The molecule has 3 rings (SSSR count). The number of benzene rings is 2. The van der Waals surface area contributed by atoms with Crippen molar-refractivity contribution in [3.63, 3.8) is 0 Å². The molecule has 2 aromatic carbocycles. The largest absolute Gasteiger partial charge is 0.495 e. The number of methoxy groups -OCH3 is 2. The fraction of sp³-hybridized carbons (Fsp3) is 0.273. The van der Waals surface area contributed by atoms with Gasteiger partial charge in [-0.1, -0.05) is 55.5 Å². The van der Waals surface area contributed by atoms with Gasteiger partial charge in [0.1, 0.15) is 5.75 Å². The van der Waals surface area contributed by atoms with Crippen molar-refractivity contribution in [1.82, 2.24) is 0 Å². The number of amides is 1. The number of thioether (sulfide) groups is 1. The Balaban J connectivity index is 1.86. The molecular weight excluding hydrogens is 406 g/mol. The van der Waals surface area contributed by atoms with Crippen LogP contribution in [-0.4, -0.2) is 31.1 Å². The number of anilines is 1. The third-order valence-corrected chi connectivity index (χ3v) is 5.66. The van der Waals surface area contributed by atoms with E-state index in [0.717, 1.165) is 18.4 Å². The number of hydrogen-bond donors (Lipinski definition) is 0. The van der Waals surface area contributed by atoms with Crippen molar-refractivity contribution in [3.05, 3.63) is 52.9 Å². The Morgan fingerprint density at radius 2 is 1.83 bits per heavy atom. The number of thiocarbonyl (C=S) groups is 1. The first-order valence-corrected chi connectivity index (χ1v) is 10.5. The topological polar surface area (TPSA) is 48.0 Å². The third kappa shape index (κ3) is 4.74. The van der Waals surface area contributed by atoms with Crippen molar-refractivity contribution < 1.29 is 19.0 Å². The molecule has 152 valence electrons. The van der Waals surface area contributed by atoms with Gasteiger partial charge in [-0.2, -0.15) is 0 Å². The molecule has 1 aliphatic heterocycles. The lowest BCUT2D eigenvalue weighted by molar-refractivity contribution is -0.113. The highest BCUT2D eigenvalue weighted by atomic mass is 32.2. The number of ether oxygens (including phenoxy) is 3. The summed E-state index contributed by atoms with van der Waals surface area (Å²) in [5, 5.41) is 0. The van der Waals surface area contributed by atoms with Gasteiger partial charge in [0.15, 0.2) is 15.8 Å². The molecule has 0 radical (unpaired) electrons. The Morgan fingerprint density at radius 1 is 1.07 bits per heavy atom. The summed E-state index contributed by atoms with van der Waals surface area (Å²) in [7, 11) is 3.18. The average molecular weight is 430 g/mol. The minimum absolute atomic E-state index is 0.174. The summed E-state index contributed by atoms with van der Waals surface area (Å²) in [5.41, 5.74) is 1.48. The highest BCUT2D eigenvalue weighted by Gasteiger charge is 2.34. The zero-order valence-corrected chi connectivity index (χ0v) is 18.3. The van der Waals surface area contributed by atoms with E-state index < -0.39 is 0 Å². The molecule has 1 saturated heterocycles. The Labute approximate surface area is 180 Å². The van der Waals surface area contributed by atoms with Crippen LogP contribution >= 0.6 is 24.0 Å². The number of carbonyl (C=O) groups is 1. The SMILES string of the molecule is CCCCOc1ccc(/C=C2\SC(=S)N(c3ccccc3OC)C2=O)cc1OC. The molecule has 1 heterocycles. The van der Waals surface area contributed by atoms with Crippen molar-refractivity contribution >= 4 is 46.0 Å². The molecule has 0 aromatic heterocycles. The monoisotopic (exact) mass is 429 g/mol. The van der Waals surface area contributed by atoms with Crippen LogP contribution < -0.4 is 19.1 Å². The summed E-state index contributed by atoms with van der Waals surface area (Å²) in [5.74, 6) is 1.75. The van der Waals surface area contributed by atoms with Gasteiger partial charge in [0.2, 0.25) is 0 Å². The molecule has 0 atom stereocenters. The first kappa shape index (κ1) is 21.2. The first-order chi connectivity index (χ1) is 14.1. The van der Waals surface area contributed by atoms with E-state index >= 15 is 0 Å². The molecule has 1 fully saturated rings. The molecule has 29 heavy (non-hydrogen) atoms. The molecule has 0 spiro atoms. The van der Waals surface area contributed by atoms with Crippen molar-refractivity contribution in [3.8, 4) is 17.2 Å². The molecular formula is C22H23NO4S2. The summed E-state index contributed by atoms with van der Waals surface area (Å²) in [4.78, 5) is 15.1. The lowest BCUT2D eigenvalue weighted by Crippen LogP contribution is -2.27. The number of carbonyl (C=O) groups excluding carboxylic acids is 1. The van der Waals surface area contributed by atoms with Crippen molar-refractivity contribution in [2.75, 3.05) is 25.7 Å². The van der Waals surface area contributed by atoms with Gasteiger partial charge < -0.3 is 14.2 Å². The summed E-state index contributed by atoms with van der Waals surface area (Å²) >= 11 is 6.72. The molecule has 0 saturated carbocycles. The van der Waals surface area contributed by atoms with E-state index in [4.69, 9.17) is 26.4 Å². The number of nitrogens with zero attached hydrogens (tertiary/aromatic N) is 1. The van der Waals surface area contributed by atoms with Crippen molar-refractivity contribution in [2.24, 2.45) is 0 Å². The quantitative estimate of drug-likeness (QED) is 0.323. The van der Waals surface area contributed by atoms with Crippen LogP contribution in [0.5, 0.6) is 17.2 Å². The van der Waals surface area contributed by atoms with E-state index in [2.05, 4.69) is 6.92 Å². The summed E-state index contributed by atoms with van der Waals surface area (Å²) in [6.07, 6.45) is 3.86. The first-order valence-electron chi connectivity index (χ1n) is 9.30. The van der Waals surface area contributed by atoms with Gasteiger partial charge in [-0.25, -0.2) is 0 Å². The standard InChI is InChI=1S/C22H23NO4S2/c1-4-5-12-27-18-11-10-15(13-19(18)26-3)14-20-21(24)23(22(28)29-20)16-8-6-7-9-17(16)25-2/h6-11,13-14H,4-5,12H2,1-3H3/b20-14-. The zero-order chi connectivity index (χ0) is 20.8. The van der Waals surface area contributed by atoms with E-state index in [9.17, 15) is 4.79 Å². The van der Waals surface area contributed by atoms with Crippen molar-refractivity contribution in [2.45, 2.75) is 19.8 Å².